The minimum Gasteiger partial charge on any atom is -0.309 e. The Hall–Kier alpha value is -6.18. The third kappa shape index (κ3) is 3.79. The van der Waals surface area contributed by atoms with Gasteiger partial charge in [0.1, 0.15) is 0 Å². The van der Waals surface area contributed by atoms with Gasteiger partial charge in [-0.1, -0.05) is 171 Å². The van der Waals surface area contributed by atoms with Crippen LogP contribution in [0.25, 0.3) is 44.2 Å². The second kappa shape index (κ2) is 11.0. The second-order valence-corrected chi connectivity index (χ2v) is 12.5. The van der Waals surface area contributed by atoms with Gasteiger partial charge < -0.3 is 4.90 Å². The van der Waals surface area contributed by atoms with Crippen LogP contribution in [0, 0.1) is 0 Å². The van der Waals surface area contributed by atoms with E-state index in [-0.39, 0.29) is 0 Å². The van der Waals surface area contributed by atoms with Crippen LogP contribution in [0.5, 0.6) is 0 Å². The number of rotatable bonds is 6. The van der Waals surface area contributed by atoms with Crippen LogP contribution in [0.1, 0.15) is 16.7 Å². The fourth-order valence-electron chi connectivity index (χ4n) is 8.38. The van der Waals surface area contributed by atoms with E-state index < -0.39 is 5.41 Å². The summed E-state index contributed by atoms with van der Waals surface area (Å²) in [5.74, 6) is 0. The van der Waals surface area contributed by atoms with Gasteiger partial charge in [0, 0.05) is 22.2 Å². The van der Waals surface area contributed by atoms with Crippen LogP contribution in [0.15, 0.2) is 195 Å². The third-order valence-corrected chi connectivity index (χ3v) is 10.2. The zero-order valence-electron chi connectivity index (χ0n) is 26.6. The molecule has 7 aromatic carbocycles. The molecule has 9 rings (SSSR count). The summed E-state index contributed by atoms with van der Waals surface area (Å²) in [6.45, 7) is 8.47. The summed E-state index contributed by atoms with van der Waals surface area (Å²) in [6, 6.07) is 57.5. The highest BCUT2D eigenvalue weighted by molar-refractivity contribution is 6.20. The van der Waals surface area contributed by atoms with E-state index in [1.807, 2.05) is 12.2 Å². The third-order valence-electron chi connectivity index (χ3n) is 10.2. The molecule has 0 radical (unpaired) electrons. The van der Waals surface area contributed by atoms with E-state index in [4.69, 9.17) is 0 Å². The van der Waals surface area contributed by atoms with Crippen molar-refractivity contribution in [2.75, 3.05) is 4.90 Å². The smallest absolute Gasteiger partial charge is 0.0714 e. The predicted octanol–water partition coefficient (Wildman–Crippen LogP) is 12.6. The predicted molar refractivity (Wildman–Crippen MR) is 203 cm³/mol. The molecule has 0 spiro atoms. The summed E-state index contributed by atoms with van der Waals surface area (Å²) in [4.78, 5) is 2.50. The fourth-order valence-corrected chi connectivity index (χ4v) is 8.38. The number of fused-ring (bicyclic) bond motifs is 6. The lowest BCUT2D eigenvalue weighted by molar-refractivity contribution is 0.767. The molecule has 0 N–H and O–H groups in total. The number of allylic oxidation sites excluding steroid dienone is 4. The molecule has 1 atom stereocenters. The molecule has 1 heterocycles. The molecule has 1 unspecified atom stereocenters. The maximum absolute atomic E-state index is 4.35. The van der Waals surface area contributed by atoms with Crippen molar-refractivity contribution in [2.24, 2.45) is 0 Å². The molecule has 2 aliphatic rings. The summed E-state index contributed by atoms with van der Waals surface area (Å²) >= 11 is 0. The minimum absolute atomic E-state index is 0.566. The van der Waals surface area contributed by atoms with Crippen molar-refractivity contribution in [3.63, 3.8) is 0 Å². The molecule has 1 aliphatic heterocycles. The van der Waals surface area contributed by atoms with Crippen molar-refractivity contribution in [3.05, 3.63) is 211 Å². The molecule has 0 amide bonds. The van der Waals surface area contributed by atoms with Crippen molar-refractivity contribution >= 4 is 27.8 Å². The van der Waals surface area contributed by atoms with Crippen LogP contribution in [0.2, 0.25) is 0 Å². The van der Waals surface area contributed by atoms with Gasteiger partial charge in [-0.2, -0.15) is 0 Å². The lowest BCUT2D eigenvalue weighted by atomic mass is 9.67. The molecule has 7 aromatic rings. The molecule has 0 fully saturated rings. The molecule has 1 nitrogen and oxygen atoms in total. The summed E-state index contributed by atoms with van der Waals surface area (Å²) in [5.41, 5.74) is 15.2. The average molecular weight is 612 g/mol. The van der Waals surface area contributed by atoms with Gasteiger partial charge in [0.05, 0.1) is 16.8 Å². The minimum atomic E-state index is -0.566. The Labute approximate surface area is 282 Å². The van der Waals surface area contributed by atoms with Gasteiger partial charge in [0.15, 0.2) is 0 Å². The van der Waals surface area contributed by atoms with Crippen LogP contribution < -0.4 is 4.90 Å². The first-order chi connectivity index (χ1) is 23.8. The van der Waals surface area contributed by atoms with Crippen molar-refractivity contribution in [3.8, 4) is 33.4 Å². The Kier molecular flexibility index (Phi) is 6.42. The Bertz CT molecular complexity index is 2420. The summed E-state index contributed by atoms with van der Waals surface area (Å²) in [7, 11) is 0. The molecule has 0 bridgehead atoms. The first-order valence-corrected chi connectivity index (χ1v) is 16.5. The van der Waals surface area contributed by atoms with Gasteiger partial charge in [0.2, 0.25) is 0 Å². The largest absolute Gasteiger partial charge is 0.309 e. The van der Waals surface area contributed by atoms with Crippen molar-refractivity contribution < 1.29 is 0 Å². The lowest BCUT2D eigenvalue weighted by Crippen LogP contribution is -2.29. The molecule has 0 aromatic heterocycles. The lowest BCUT2D eigenvalue weighted by Gasteiger charge is -2.37. The molecular weight excluding hydrogens is 579 g/mol. The number of hydrogen-bond donors (Lipinski definition) is 0. The topological polar surface area (TPSA) is 3.24 Å². The van der Waals surface area contributed by atoms with Gasteiger partial charge in [-0.25, -0.2) is 0 Å². The standard InChI is InChI=1S/C47H33N/c1-3-17-33(4-2)47(34-20-10-6-11-21-34)41-26-15-14-24-40(41)45-42(47)31-30-39-38-29-28-36(32-18-8-5-9-19-32)37-25-16-27-43(44(37)38)48(46(39)45)35-22-12-7-13-23-35/h3-31H,1-2H2/b33-17+. The van der Waals surface area contributed by atoms with E-state index in [0.717, 1.165) is 11.3 Å². The first-order valence-electron chi connectivity index (χ1n) is 16.5. The van der Waals surface area contributed by atoms with Crippen LogP contribution >= 0.6 is 0 Å². The molecule has 1 aliphatic carbocycles. The van der Waals surface area contributed by atoms with Crippen LogP contribution in [0.3, 0.4) is 0 Å². The number of nitrogens with zero attached hydrogens (tertiary/aromatic N) is 1. The maximum Gasteiger partial charge on any atom is 0.0714 e. The van der Waals surface area contributed by atoms with Crippen molar-refractivity contribution in [1.29, 1.82) is 0 Å². The summed E-state index contributed by atoms with van der Waals surface area (Å²) < 4.78 is 0. The van der Waals surface area contributed by atoms with E-state index in [1.54, 1.807) is 0 Å². The molecule has 48 heavy (non-hydrogen) atoms. The summed E-state index contributed by atoms with van der Waals surface area (Å²) in [6.07, 6.45) is 6.02. The SMILES string of the molecule is C=C/C=C(\C=C)C1(c2ccccc2)c2ccccc2-c2c1ccc1c2N(c2ccccc2)c2cccc3c(-c4ccccc4)ccc-1c23. The molecule has 226 valence electrons. The number of para-hydroxylation sites is 1. The van der Waals surface area contributed by atoms with Crippen molar-refractivity contribution in [2.45, 2.75) is 5.41 Å². The highest BCUT2D eigenvalue weighted by Crippen LogP contribution is 2.63. The van der Waals surface area contributed by atoms with Gasteiger partial charge in [-0.05, 0) is 68.1 Å². The van der Waals surface area contributed by atoms with E-state index in [0.29, 0.717) is 0 Å². The van der Waals surface area contributed by atoms with Gasteiger partial charge in [-0.15, -0.1) is 0 Å². The van der Waals surface area contributed by atoms with Gasteiger partial charge >= 0.3 is 0 Å². The van der Waals surface area contributed by atoms with Crippen LogP contribution in [0.4, 0.5) is 17.1 Å². The van der Waals surface area contributed by atoms with Crippen molar-refractivity contribution in [1.82, 2.24) is 0 Å². The Morgan fingerprint density at radius 2 is 1.21 bits per heavy atom. The highest BCUT2D eigenvalue weighted by Gasteiger charge is 2.48. The first kappa shape index (κ1) is 28.1. The quantitative estimate of drug-likeness (QED) is 0.169. The fraction of sp³-hybridized carbons (Fsp3) is 0.0213. The van der Waals surface area contributed by atoms with E-state index in [1.165, 1.54) is 72.2 Å². The molecule has 0 saturated carbocycles. The van der Waals surface area contributed by atoms with Crippen LogP contribution in [-0.4, -0.2) is 0 Å². The van der Waals surface area contributed by atoms with Gasteiger partial charge in [-0.3, -0.25) is 0 Å². The second-order valence-electron chi connectivity index (χ2n) is 12.5. The van der Waals surface area contributed by atoms with E-state index in [2.05, 4.69) is 182 Å². The molecular formula is C47H33N. The Morgan fingerprint density at radius 1 is 0.542 bits per heavy atom. The number of anilines is 3. The van der Waals surface area contributed by atoms with Gasteiger partial charge in [0.25, 0.3) is 0 Å². The number of hydrogen-bond acceptors (Lipinski definition) is 1. The van der Waals surface area contributed by atoms with Crippen LogP contribution in [-0.2, 0) is 5.41 Å². The zero-order chi connectivity index (χ0) is 32.2. The number of benzene rings is 7. The summed E-state index contributed by atoms with van der Waals surface area (Å²) in [5, 5.41) is 2.53. The molecule has 1 heteroatoms. The monoisotopic (exact) mass is 611 g/mol. The van der Waals surface area contributed by atoms with E-state index >= 15 is 0 Å². The Morgan fingerprint density at radius 3 is 1.96 bits per heavy atom. The highest BCUT2D eigenvalue weighted by atomic mass is 15.2. The zero-order valence-corrected chi connectivity index (χ0v) is 26.6. The average Bonchev–Trinajstić information content (AvgIpc) is 3.46. The Balaban J connectivity index is 1.45. The normalized spacial score (nSPS) is 15.8. The van der Waals surface area contributed by atoms with E-state index in [9.17, 15) is 0 Å². The molecule has 0 saturated heterocycles. The maximum atomic E-state index is 4.35.